The maximum atomic E-state index is 13.4. The number of nitrogens with one attached hydrogen (secondary N) is 1. The molecule has 0 fully saturated rings. The van der Waals surface area contributed by atoms with Crippen molar-refractivity contribution in [2.75, 3.05) is 40.5 Å². The van der Waals surface area contributed by atoms with Gasteiger partial charge in [-0.2, -0.15) is 0 Å². The molecule has 0 saturated carbocycles. The molecular weight excluding hydrogens is 480 g/mol. The Balaban J connectivity index is 2.40. The molecule has 0 radical (unpaired) electrons. The lowest BCUT2D eigenvalue weighted by atomic mass is 10.1. The zero-order valence-electron chi connectivity index (χ0n) is 19.7. The normalized spacial score (nSPS) is 11.6. The maximum Gasteiger partial charge on any atom is 0.408 e. The molecule has 9 nitrogen and oxygen atoms in total. The number of carbonyl (C=O) groups excluding carboxylic acids is 2. The van der Waals surface area contributed by atoms with Crippen LogP contribution in [0.3, 0.4) is 0 Å². The van der Waals surface area contributed by atoms with Gasteiger partial charge in [-0.05, 0) is 39.8 Å². The highest BCUT2D eigenvalue weighted by atomic mass is 79.9. The number of carbonyl (C=O) groups is 2. The van der Waals surface area contributed by atoms with E-state index in [1.165, 1.54) is 0 Å². The molecule has 0 saturated heterocycles. The van der Waals surface area contributed by atoms with Crippen LogP contribution < -0.4 is 5.32 Å². The fraction of sp³-hybridized carbons (Fsp3) is 0.591. The van der Waals surface area contributed by atoms with E-state index in [1.54, 1.807) is 25.2 Å². The topological polar surface area (TPSA) is 94.9 Å². The second-order valence-corrected chi connectivity index (χ2v) is 9.14. The van der Waals surface area contributed by atoms with Crippen molar-refractivity contribution >= 4 is 39.0 Å². The van der Waals surface area contributed by atoms with E-state index >= 15 is 0 Å². The number of rotatable bonds is 10. The van der Waals surface area contributed by atoms with Crippen LogP contribution >= 0.6 is 15.9 Å². The Morgan fingerprint density at radius 2 is 1.78 bits per heavy atom. The lowest BCUT2D eigenvalue weighted by molar-refractivity contribution is 0.0521. The molecule has 0 aliphatic carbocycles. The molecule has 32 heavy (non-hydrogen) atoms. The second-order valence-electron chi connectivity index (χ2n) is 8.23. The first kappa shape index (κ1) is 26.1. The van der Waals surface area contributed by atoms with Crippen molar-refractivity contribution in [2.45, 2.75) is 46.4 Å². The van der Waals surface area contributed by atoms with Gasteiger partial charge in [0.05, 0.1) is 30.8 Å². The Bertz CT molecular complexity index is 931. The number of methoxy groups -OCH3 is 2. The quantitative estimate of drug-likeness (QED) is 0.522. The van der Waals surface area contributed by atoms with Crippen LogP contribution in [0.25, 0.3) is 11.0 Å². The fourth-order valence-electron chi connectivity index (χ4n) is 3.24. The molecule has 0 unspecified atom stereocenters. The summed E-state index contributed by atoms with van der Waals surface area (Å²) >= 11 is 3.52. The predicted molar refractivity (Wildman–Crippen MR) is 126 cm³/mol. The van der Waals surface area contributed by atoms with Crippen LogP contribution in [-0.4, -0.2) is 72.6 Å². The van der Waals surface area contributed by atoms with E-state index in [9.17, 15) is 9.59 Å². The molecule has 1 aromatic heterocycles. The van der Waals surface area contributed by atoms with E-state index < -0.39 is 11.7 Å². The summed E-state index contributed by atoms with van der Waals surface area (Å²) in [5, 5.41) is 2.75. The minimum absolute atomic E-state index is 0.155. The average molecular weight is 513 g/mol. The molecule has 0 atom stereocenters. The molecule has 2 rings (SSSR count). The molecule has 178 valence electrons. The van der Waals surface area contributed by atoms with Gasteiger partial charge in [0.1, 0.15) is 16.9 Å². The second kappa shape index (κ2) is 11.6. The van der Waals surface area contributed by atoms with Crippen LogP contribution in [0.1, 0.15) is 43.9 Å². The third-order valence-corrected chi connectivity index (χ3v) is 5.11. The van der Waals surface area contributed by atoms with Gasteiger partial charge >= 0.3 is 6.09 Å². The number of halogens is 1. The van der Waals surface area contributed by atoms with Gasteiger partial charge in [-0.3, -0.25) is 4.79 Å². The summed E-state index contributed by atoms with van der Waals surface area (Å²) in [6.07, 6.45) is -0.519. The molecule has 0 spiro atoms. The number of nitrogens with zero attached hydrogens (tertiary/aromatic N) is 3. The third kappa shape index (κ3) is 6.91. The van der Waals surface area contributed by atoms with Crippen LogP contribution in [0.15, 0.2) is 16.6 Å². The maximum absolute atomic E-state index is 13.4. The number of hydrogen-bond donors (Lipinski definition) is 1. The Hall–Kier alpha value is -2.17. The summed E-state index contributed by atoms with van der Waals surface area (Å²) in [6.45, 7) is 9.93. The summed E-state index contributed by atoms with van der Waals surface area (Å²) in [6, 6.07) is 3.70. The van der Waals surface area contributed by atoms with Crippen LogP contribution in [0.5, 0.6) is 0 Å². The summed E-state index contributed by atoms with van der Waals surface area (Å²) in [5.74, 6) is 0.485. The van der Waals surface area contributed by atoms with Crippen LogP contribution in [0, 0.1) is 0 Å². The number of aromatic nitrogens is 2. The van der Waals surface area contributed by atoms with Gasteiger partial charge in [-0.15, -0.1) is 0 Å². The molecule has 1 aromatic carbocycles. The average Bonchev–Trinajstić information content (AvgIpc) is 3.07. The number of amides is 2. The van der Waals surface area contributed by atoms with E-state index in [0.29, 0.717) is 49.8 Å². The van der Waals surface area contributed by atoms with Crippen molar-refractivity contribution < 1.29 is 23.8 Å². The zero-order valence-corrected chi connectivity index (χ0v) is 21.2. The van der Waals surface area contributed by atoms with Gasteiger partial charge < -0.3 is 29.0 Å². The van der Waals surface area contributed by atoms with Crippen molar-refractivity contribution in [1.29, 1.82) is 0 Å². The monoisotopic (exact) mass is 512 g/mol. The predicted octanol–water partition coefficient (Wildman–Crippen LogP) is 3.58. The fourth-order valence-corrected chi connectivity index (χ4v) is 3.69. The number of fused-ring (bicyclic) bond motifs is 1. The van der Waals surface area contributed by atoms with E-state index in [0.717, 1.165) is 9.99 Å². The summed E-state index contributed by atoms with van der Waals surface area (Å²) in [5.41, 5.74) is 1.28. The number of aryl methyl sites for hydroxylation is 1. The summed E-state index contributed by atoms with van der Waals surface area (Å²) in [7, 11) is 3.20. The van der Waals surface area contributed by atoms with Crippen LogP contribution in [-0.2, 0) is 27.3 Å². The molecule has 0 bridgehead atoms. The molecule has 1 heterocycles. The molecule has 1 N–H and O–H groups in total. The highest BCUT2D eigenvalue weighted by molar-refractivity contribution is 9.10. The molecule has 0 aliphatic rings. The molecule has 0 aliphatic heterocycles. The summed E-state index contributed by atoms with van der Waals surface area (Å²) in [4.78, 5) is 31.9. The minimum Gasteiger partial charge on any atom is -0.444 e. The van der Waals surface area contributed by atoms with E-state index in [1.807, 2.05) is 38.3 Å². The van der Waals surface area contributed by atoms with Crippen molar-refractivity contribution in [3.8, 4) is 0 Å². The van der Waals surface area contributed by atoms with E-state index in [4.69, 9.17) is 19.2 Å². The molecule has 10 heteroatoms. The van der Waals surface area contributed by atoms with Crippen molar-refractivity contribution in [3.05, 3.63) is 28.0 Å². The van der Waals surface area contributed by atoms with Crippen LogP contribution in [0.4, 0.5) is 4.79 Å². The third-order valence-electron chi connectivity index (χ3n) is 4.65. The standard InChI is InChI=1S/C22H33BrN4O5/c1-7-27-17-13-15(23)12-16(20(28)26(8-10-30-5)9-11-31-6)19(17)25-18(27)14-24-21(29)32-22(2,3)4/h12-13H,7-11,14H2,1-6H3,(H,24,29). The largest absolute Gasteiger partial charge is 0.444 e. The smallest absolute Gasteiger partial charge is 0.408 e. The van der Waals surface area contributed by atoms with Crippen molar-refractivity contribution in [1.82, 2.24) is 19.8 Å². The van der Waals surface area contributed by atoms with Gasteiger partial charge in [-0.1, -0.05) is 15.9 Å². The lowest BCUT2D eigenvalue weighted by Gasteiger charge is -2.22. The number of ether oxygens (including phenoxy) is 3. The Morgan fingerprint density at radius 1 is 1.16 bits per heavy atom. The molecule has 2 aromatic rings. The molecule has 2 amide bonds. The van der Waals surface area contributed by atoms with Crippen molar-refractivity contribution in [2.24, 2.45) is 0 Å². The number of alkyl carbamates (subject to hydrolysis) is 1. The lowest BCUT2D eigenvalue weighted by Crippen LogP contribution is -2.36. The first-order valence-electron chi connectivity index (χ1n) is 10.5. The Morgan fingerprint density at radius 3 is 2.31 bits per heavy atom. The van der Waals surface area contributed by atoms with Crippen molar-refractivity contribution in [3.63, 3.8) is 0 Å². The Labute approximate surface area is 197 Å². The van der Waals surface area contributed by atoms with Gasteiger partial charge in [-0.25, -0.2) is 9.78 Å². The highest BCUT2D eigenvalue weighted by Gasteiger charge is 2.23. The first-order valence-corrected chi connectivity index (χ1v) is 11.3. The number of imidazole rings is 1. The SMILES string of the molecule is CCn1c(CNC(=O)OC(C)(C)C)nc2c(C(=O)N(CCOC)CCOC)cc(Br)cc21. The van der Waals surface area contributed by atoms with E-state index in [2.05, 4.69) is 21.2 Å². The van der Waals surface area contributed by atoms with Gasteiger partial charge in [0.25, 0.3) is 5.91 Å². The summed E-state index contributed by atoms with van der Waals surface area (Å²) < 4.78 is 18.4. The van der Waals surface area contributed by atoms with Gasteiger partial charge in [0.2, 0.25) is 0 Å². The highest BCUT2D eigenvalue weighted by Crippen LogP contribution is 2.27. The number of hydrogen-bond acceptors (Lipinski definition) is 6. The Kier molecular flexibility index (Phi) is 9.47. The van der Waals surface area contributed by atoms with Gasteiger partial charge in [0.15, 0.2) is 0 Å². The molecular formula is C22H33BrN4O5. The zero-order chi connectivity index (χ0) is 23.9. The van der Waals surface area contributed by atoms with E-state index in [-0.39, 0.29) is 12.5 Å². The first-order chi connectivity index (χ1) is 15.1. The minimum atomic E-state index is -0.590. The number of benzene rings is 1. The van der Waals surface area contributed by atoms with Gasteiger partial charge in [0, 0.05) is 38.3 Å². The van der Waals surface area contributed by atoms with Crippen LogP contribution in [0.2, 0.25) is 0 Å².